The Balaban J connectivity index is 1.61. The molecule has 5 rings (SSSR count). The summed E-state index contributed by atoms with van der Waals surface area (Å²) < 4.78 is 5.40. The molecule has 3 aliphatic rings. The fourth-order valence-corrected chi connectivity index (χ4v) is 6.54. The Bertz CT molecular complexity index is 928. The summed E-state index contributed by atoms with van der Waals surface area (Å²) in [5.41, 5.74) is 1.11. The SMILES string of the molecule is CC(=O)N1[C@H](Cc2ccccc2)[C@@H]2C[C@@]3(C)[C@H](CCCC[C@@H]13)N2C(=O)c1cnco1. The third kappa shape index (κ3) is 2.88. The van der Waals surface area contributed by atoms with Gasteiger partial charge in [-0.05, 0) is 31.2 Å². The minimum Gasteiger partial charge on any atom is -0.438 e. The van der Waals surface area contributed by atoms with Crippen LogP contribution in [0, 0.1) is 5.41 Å². The summed E-state index contributed by atoms with van der Waals surface area (Å²) in [7, 11) is 0. The number of carbonyl (C=O) groups excluding carboxylic acids is 2. The van der Waals surface area contributed by atoms with Crippen molar-refractivity contribution in [3.8, 4) is 0 Å². The largest absolute Gasteiger partial charge is 0.438 e. The van der Waals surface area contributed by atoms with Crippen LogP contribution in [0.2, 0.25) is 0 Å². The topological polar surface area (TPSA) is 66.7 Å². The van der Waals surface area contributed by atoms with Crippen molar-refractivity contribution in [2.75, 3.05) is 0 Å². The highest BCUT2D eigenvalue weighted by molar-refractivity contribution is 5.92. The predicted molar refractivity (Wildman–Crippen MR) is 112 cm³/mol. The molecule has 1 aromatic carbocycles. The van der Waals surface area contributed by atoms with Gasteiger partial charge in [-0.25, -0.2) is 4.98 Å². The highest BCUT2D eigenvalue weighted by Crippen LogP contribution is 2.55. The summed E-state index contributed by atoms with van der Waals surface area (Å²) in [6.45, 7) is 3.98. The van der Waals surface area contributed by atoms with Gasteiger partial charge in [0.15, 0.2) is 6.39 Å². The Labute approximate surface area is 177 Å². The van der Waals surface area contributed by atoms with Crippen LogP contribution in [0.3, 0.4) is 0 Å². The fourth-order valence-electron chi connectivity index (χ4n) is 6.54. The number of likely N-dealkylation sites (tertiary alicyclic amines) is 2. The van der Waals surface area contributed by atoms with E-state index in [1.807, 2.05) is 18.2 Å². The van der Waals surface area contributed by atoms with Gasteiger partial charge in [0.2, 0.25) is 11.7 Å². The molecule has 3 heterocycles. The molecule has 6 nitrogen and oxygen atoms in total. The van der Waals surface area contributed by atoms with E-state index in [0.29, 0.717) is 5.76 Å². The van der Waals surface area contributed by atoms with E-state index in [9.17, 15) is 9.59 Å². The second kappa shape index (κ2) is 7.25. The Kier molecular flexibility index (Phi) is 4.68. The van der Waals surface area contributed by atoms with E-state index in [2.05, 4.69) is 33.8 Å². The molecule has 6 heteroatoms. The fraction of sp³-hybridized carbons (Fsp3) is 0.542. The van der Waals surface area contributed by atoms with Gasteiger partial charge < -0.3 is 14.2 Å². The molecule has 3 fully saturated rings. The Morgan fingerprint density at radius 1 is 1.13 bits per heavy atom. The highest BCUT2D eigenvalue weighted by Gasteiger charge is 2.63. The van der Waals surface area contributed by atoms with Crippen LogP contribution < -0.4 is 0 Å². The van der Waals surface area contributed by atoms with Crippen LogP contribution in [0.4, 0.5) is 0 Å². The zero-order chi connectivity index (χ0) is 20.9. The van der Waals surface area contributed by atoms with Gasteiger partial charge in [-0.2, -0.15) is 0 Å². The molecule has 2 bridgehead atoms. The first-order valence-corrected chi connectivity index (χ1v) is 11.0. The van der Waals surface area contributed by atoms with Crippen LogP contribution in [0.15, 0.2) is 47.3 Å². The van der Waals surface area contributed by atoms with Crippen LogP contribution in [-0.2, 0) is 11.2 Å². The van der Waals surface area contributed by atoms with Gasteiger partial charge in [-0.3, -0.25) is 9.59 Å². The molecule has 0 unspecified atom stereocenters. The zero-order valence-electron chi connectivity index (χ0n) is 17.7. The molecule has 30 heavy (non-hydrogen) atoms. The van der Waals surface area contributed by atoms with Crippen molar-refractivity contribution in [2.24, 2.45) is 5.41 Å². The molecule has 2 saturated heterocycles. The van der Waals surface area contributed by atoms with Gasteiger partial charge in [-0.15, -0.1) is 0 Å². The van der Waals surface area contributed by atoms with E-state index in [0.717, 1.165) is 38.5 Å². The van der Waals surface area contributed by atoms with Crippen molar-refractivity contribution < 1.29 is 14.0 Å². The van der Waals surface area contributed by atoms with E-state index >= 15 is 0 Å². The van der Waals surface area contributed by atoms with Gasteiger partial charge in [0.1, 0.15) is 0 Å². The molecule has 1 aliphatic carbocycles. The molecule has 1 saturated carbocycles. The van der Waals surface area contributed by atoms with Crippen molar-refractivity contribution in [1.82, 2.24) is 14.8 Å². The minimum atomic E-state index is -0.0876. The number of carbonyl (C=O) groups is 2. The number of aromatic nitrogens is 1. The molecule has 1 aromatic heterocycles. The molecular weight excluding hydrogens is 378 g/mol. The van der Waals surface area contributed by atoms with Crippen molar-refractivity contribution in [1.29, 1.82) is 0 Å². The third-order valence-corrected chi connectivity index (χ3v) is 7.74. The maximum Gasteiger partial charge on any atom is 0.291 e. The summed E-state index contributed by atoms with van der Waals surface area (Å²) >= 11 is 0. The molecule has 5 atom stereocenters. The Morgan fingerprint density at radius 3 is 2.47 bits per heavy atom. The average molecular weight is 408 g/mol. The first kappa shape index (κ1) is 19.3. The maximum atomic E-state index is 13.6. The lowest BCUT2D eigenvalue weighted by Crippen LogP contribution is -2.61. The second-order valence-electron chi connectivity index (χ2n) is 9.35. The Hall–Kier alpha value is -2.63. The first-order valence-electron chi connectivity index (χ1n) is 11.0. The second-order valence-corrected chi connectivity index (χ2v) is 9.35. The number of rotatable bonds is 3. The Morgan fingerprint density at radius 2 is 1.83 bits per heavy atom. The van der Waals surface area contributed by atoms with Crippen molar-refractivity contribution in [3.05, 3.63) is 54.2 Å². The quantitative estimate of drug-likeness (QED) is 0.778. The van der Waals surface area contributed by atoms with Gasteiger partial charge in [0.25, 0.3) is 5.91 Å². The van der Waals surface area contributed by atoms with E-state index in [1.54, 1.807) is 6.92 Å². The standard InChI is InChI=1S/C24H29N3O3/c1-16(28)26-18(12-17-8-4-3-5-9-17)19-13-24(2)21(26)10-6-7-11-22(24)27(19)23(29)20-14-25-15-30-20/h3-5,8-9,14-15,18-19,21-22H,6-7,10-13H2,1-2H3/t18-,19+,21-,22+,24-/m1/s1. The van der Waals surface area contributed by atoms with Crippen LogP contribution in [0.1, 0.15) is 62.1 Å². The number of fused-ring (bicyclic) bond motifs is 1. The summed E-state index contributed by atoms with van der Waals surface area (Å²) in [6.07, 6.45) is 8.68. The summed E-state index contributed by atoms with van der Waals surface area (Å²) in [6, 6.07) is 10.6. The van der Waals surface area contributed by atoms with Crippen LogP contribution in [-0.4, -0.2) is 50.8 Å². The van der Waals surface area contributed by atoms with Crippen molar-refractivity contribution in [3.63, 3.8) is 0 Å². The van der Waals surface area contributed by atoms with Crippen molar-refractivity contribution in [2.45, 2.75) is 76.5 Å². The third-order valence-electron chi connectivity index (χ3n) is 7.74. The molecule has 2 aromatic rings. The predicted octanol–water partition coefficient (Wildman–Crippen LogP) is 3.68. The molecule has 0 radical (unpaired) electrons. The lowest BCUT2D eigenvalue weighted by molar-refractivity contribution is -0.141. The van der Waals surface area contributed by atoms with E-state index in [-0.39, 0.29) is 41.4 Å². The lowest BCUT2D eigenvalue weighted by Gasteiger charge is -2.50. The zero-order valence-corrected chi connectivity index (χ0v) is 17.7. The van der Waals surface area contributed by atoms with E-state index in [1.165, 1.54) is 18.2 Å². The summed E-state index contributed by atoms with van der Waals surface area (Å²) in [5, 5.41) is 0. The molecular formula is C24H29N3O3. The molecule has 2 aliphatic heterocycles. The minimum absolute atomic E-state index is 0.0175. The number of piperidine rings is 1. The number of oxazole rings is 1. The monoisotopic (exact) mass is 407 g/mol. The average Bonchev–Trinajstić information content (AvgIpc) is 3.31. The van der Waals surface area contributed by atoms with Gasteiger partial charge in [-0.1, -0.05) is 50.1 Å². The summed E-state index contributed by atoms with van der Waals surface area (Å²) in [5.74, 6) is 0.321. The number of hydrogen-bond donors (Lipinski definition) is 0. The summed E-state index contributed by atoms with van der Waals surface area (Å²) in [4.78, 5) is 34.7. The molecule has 2 amide bonds. The van der Waals surface area contributed by atoms with Gasteiger partial charge in [0.05, 0.1) is 18.3 Å². The van der Waals surface area contributed by atoms with Crippen LogP contribution in [0.25, 0.3) is 0 Å². The highest BCUT2D eigenvalue weighted by atomic mass is 16.3. The van der Waals surface area contributed by atoms with E-state index in [4.69, 9.17) is 4.42 Å². The number of nitrogens with zero attached hydrogens (tertiary/aromatic N) is 3. The molecule has 0 spiro atoms. The lowest BCUT2D eigenvalue weighted by atomic mass is 9.69. The number of amides is 2. The number of benzene rings is 1. The maximum absolute atomic E-state index is 13.6. The van der Waals surface area contributed by atoms with Crippen molar-refractivity contribution >= 4 is 11.8 Å². The van der Waals surface area contributed by atoms with Gasteiger partial charge in [0, 0.05) is 24.4 Å². The molecule has 0 N–H and O–H groups in total. The smallest absolute Gasteiger partial charge is 0.291 e. The van der Waals surface area contributed by atoms with Crippen LogP contribution in [0.5, 0.6) is 0 Å². The normalized spacial score (nSPS) is 32.7. The molecule has 158 valence electrons. The van der Waals surface area contributed by atoms with E-state index < -0.39 is 0 Å². The van der Waals surface area contributed by atoms with Gasteiger partial charge >= 0.3 is 0 Å². The van der Waals surface area contributed by atoms with Crippen LogP contribution >= 0.6 is 0 Å². The first-order chi connectivity index (χ1) is 14.5. The number of hydrogen-bond acceptors (Lipinski definition) is 4.